The quantitative estimate of drug-likeness (QED) is 0.651. The Balaban J connectivity index is 1.35. The summed E-state index contributed by atoms with van der Waals surface area (Å²) >= 11 is 0. The van der Waals surface area contributed by atoms with E-state index < -0.39 is 0 Å². The number of amides is 1. The number of nitrogens with zero attached hydrogens (tertiary/aromatic N) is 1. The number of para-hydroxylation sites is 2. The summed E-state index contributed by atoms with van der Waals surface area (Å²) in [6.45, 7) is 3.00. The number of carbonyl (C=O) groups is 1. The van der Waals surface area contributed by atoms with Crippen LogP contribution in [0, 0.1) is 0 Å². The lowest BCUT2D eigenvalue weighted by Crippen LogP contribution is -2.28. The summed E-state index contributed by atoms with van der Waals surface area (Å²) in [5, 5.41) is 2.90. The van der Waals surface area contributed by atoms with Gasteiger partial charge in [-0.3, -0.25) is 4.79 Å². The highest BCUT2D eigenvalue weighted by molar-refractivity contribution is 5.94. The number of carbonyl (C=O) groups excluding carboxylic acids is 1. The van der Waals surface area contributed by atoms with Gasteiger partial charge in [-0.25, -0.2) is 0 Å². The second-order valence-corrected chi connectivity index (χ2v) is 6.85. The molecule has 0 aromatic heterocycles. The highest BCUT2D eigenvalue weighted by Crippen LogP contribution is 2.27. The van der Waals surface area contributed by atoms with Gasteiger partial charge in [-0.1, -0.05) is 42.5 Å². The third kappa shape index (κ3) is 4.88. The standard InChI is InChI=1S/C24H24N2O3/c27-24(25-13-15-28-22-9-5-2-6-10-22)19-11-12-20-18-26(14-16-29-23(20)17-19)21-7-3-1-4-8-21/h1-12,17H,13-16,18H2,(H,25,27). The van der Waals surface area contributed by atoms with Crippen molar-refractivity contribution < 1.29 is 14.3 Å². The van der Waals surface area contributed by atoms with E-state index in [1.165, 1.54) is 5.69 Å². The Morgan fingerprint density at radius 2 is 1.76 bits per heavy atom. The van der Waals surface area contributed by atoms with Crippen LogP contribution in [0.4, 0.5) is 5.69 Å². The van der Waals surface area contributed by atoms with E-state index in [1.54, 1.807) is 0 Å². The maximum Gasteiger partial charge on any atom is 0.251 e. The summed E-state index contributed by atoms with van der Waals surface area (Å²) < 4.78 is 11.5. The van der Waals surface area contributed by atoms with Gasteiger partial charge < -0.3 is 19.7 Å². The van der Waals surface area contributed by atoms with Crippen LogP contribution >= 0.6 is 0 Å². The zero-order chi connectivity index (χ0) is 19.9. The topological polar surface area (TPSA) is 50.8 Å². The molecular weight excluding hydrogens is 364 g/mol. The molecule has 0 saturated carbocycles. The summed E-state index contributed by atoms with van der Waals surface area (Å²) in [6.07, 6.45) is 0. The summed E-state index contributed by atoms with van der Waals surface area (Å²) in [5.74, 6) is 1.44. The van der Waals surface area contributed by atoms with Gasteiger partial charge in [0.2, 0.25) is 0 Å². The van der Waals surface area contributed by atoms with Gasteiger partial charge in [0.15, 0.2) is 0 Å². The number of fused-ring (bicyclic) bond motifs is 1. The predicted octanol–water partition coefficient (Wildman–Crippen LogP) is 3.89. The molecule has 1 heterocycles. The van der Waals surface area contributed by atoms with Gasteiger partial charge in [-0.15, -0.1) is 0 Å². The zero-order valence-corrected chi connectivity index (χ0v) is 16.2. The van der Waals surface area contributed by atoms with Crippen LogP contribution in [0.25, 0.3) is 0 Å². The van der Waals surface area contributed by atoms with Crippen molar-refractivity contribution in [1.29, 1.82) is 0 Å². The fraction of sp³-hybridized carbons (Fsp3) is 0.208. The van der Waals surface area contributed by atoms with E-state index in [9.17, 15) is 4.79 Å². The molecule has 3 aromatic carbocycles. The summed E-state index contributed by atoms with van der Waals surface area (Å²) in [7, 11) is 0. The number of ether oxygens (including phenoxy) is 2. The summed E-state index contributed by atoms with van der Waals surface area (Å²) in [5.41, 5.74) is 2.84. The first-order valence-corrected chi connectivity index (χ1v) is 9.81. The van der Waals surface area contributed by atoms with E-state index in [0.717, 1.165) is 30.2 Å². The van der Waals surface area contributed by atoms with Crippen LogP contribution in [0.2, 0.25) is 0 Å². The van der Waals surface area contributed by atoms with Crippen LogP contribution < -0.4 is 19.7 Å². The molecule has 29 heavy (non-hydrogen) atoms. The lowest BCUT2D eigenvalue weighted by atomic mass is 10.1. The number of nitrogens with one attached hydrogen (secondary N) is 1. The molecule has 1 aliphatic heterocycles. The van der Waals surface area contributed by atoms with Crippen molar-refractivity contribution in [1.82, 2.24) is 5.32 Å². The molecule has 1 N–H and O–H groups in total. The molecule has 0 saturated heterocycles. The molecule has 0 radical (unpaired) electrons. The van der Waals surface area contributed by atoms with Crippen molar-refractivity contribution in [2.45, 2.75) is 6.54 Å². The Kier molecular flexibility index (Phi) is 5.95. The second kappa shape index (κ2) is 9.15. The smallest absolute Gasteiger partial charge is 0.251 e. The monoisotopic (exact) mass is 388 g/mol. The molecule has 0 spiro atoms. The van der Waals surface area contributed by atoms with Crippen LogP contribution in [0.3, 0.4) is 0 Å². The summed E-state index contributed by atoms with van der Waals surface area (Å²) in [6, 6.07) is 25.5. The van der Waals surface area contributed by atoms with Crippen LogP contribution in [0.1, 0.15) is 15.9 Å². The van der Waals surface area contributed by atoms with Gasteiger partial charge in [0.05, 0.1) is 13.1 Å². The van der Waals surface area contributed by atoms with Crippen LogP contribution in [-0.2, 0) is 6.54 Å². The van der Waals surface area contributed by atoms with Crippen molar-refractivity contribution in [3.05, 3.63) is 90.0 Å². The van der Waals surface area contributed by atoms with Crippen LogP contribution in [0.5, 0.6) is 11.5 Å². The molecule has 0 atom stereocenters. The Morgan fingerprint density at radius 1 is 1.00 bits per heavy atom. The highest BCUT2D eigenvalue weighted by Gasteiger charge is 2.17. The highest BCUT2D eigenvalue weighted by atomic mass is 16.5. The number of hydrogen-bond donors (Lipinski definition) is 1. The lowest BCUT2D eigenvalue weighted by molar-refractivity contribution is 0.0946. The van der Waals surface area contributed by atoms with E-state index in [1.807, 2.05) is 66.7 Å². The molecule has 0 bridgehead atoms. The predicted molar refractivity (Wildman–Crippen MR) is 114 cm³/mol. The first kappa shape index (κ1) is 18.9. The Bertz CT molecular complexity index is 945. The van der Waals surface area contributed by atoms with Gasteiger partial charge in [0.1, 0.15) is 24.7 Å². The average Bonchev–Trinajstić information content (AvgIpc) is 3.00. The third-order valence-corrected chi connectivity index (χ3v) is 4.83. The maximum atomic E-state index is 12.5. The van der Waals surface area contributed by atoms with Gasteiger partial charge in [-0.05, 0) is 36.4 Å². The molecule has 0 fully saturated rings. The first-order chi connectivity index (χ1) is 14.3. The van der Waals surface area contributed by atoms with E-state index in [0.29, 0.717) is 25.3 Å². The van der Waals surface area contributed by atoms with E-state index in [2.05, 4.69) is 22.3 Å². The number of hydrogen-bond acceptors (Lipinski definition) is 4. The first-order valence-electron chi connectivity index (χ1n) is 9.81. The van der Waals surface area contributed by atoms with Gasteiger partial charge in [0.25, 0.3) is 5.91 Å². The van der Waals surface area contributed by atoms with Gasteiger partial charge in [0, 0.05) is 23.4 Å². The minimum Gasteiger partial charge on any atom is -0.492 e. The third-order valence-electron chi connectivity index (χ3n) is 4.83. The number of benzene rings is 3. The number of rotatable bonds is 6. The van der Waals surface area contributed by atoms with Gasteiger partial charge >= 0.3 is 0 Å². The Morgan fingerprint density at radius 3 is 2.55 bits per heavy atom. The molecule has 1 aliphatic rings. The van der Waals surface area contributed by atoms with Crippen molar-refractivity contribution in [2.24, 2.45) is 0 Å². The average molecular weight is 388 g/mol. The van der Waals surface area contributed by atoms with E-state index in [4.69, 9.17) is 9.47 Å². The fourth-order valence-corrected chi connectivity index (χ4v) is 3.32. The Labute approximate surface area is 170 Å². The van der Waals surface area contributed by atoms with E-state index in [-0.39, 0.29) is 5.91 Å². The molecule has 0 aliphatic carbocycles. The normalized spacial score (nSPS) is 13.0. The minimum absolute atomic E-state index is 0.128. The van der Waals surface area contributed by atoms with Crippen LogP contribution in [0.15, 0.2) is 78.9 Å². The second-order valence-electron chi connectivity index (χ2n) is 6.85. The lowest BCUT2D eigenvalue weighted by Gasteiger charge is -2.21. The molecule has 1 amide bonds. The van der Waals surface area contributed by atoms with Crippen LogP contribution in [-0.4, -0.2) is 32.2 Å². The van der Waals surface area contributed by atoms with Gasteiger partial charge in [-0.2, -0.15) is 0 Å². The molecule has 0 unspecified atom stereocenters. The molecule has 3 aromatic rings. The Hall–Kier alpha value is -3.47. The molecule has 5 nitrogen and oxygen atoms in total. The minimum atomic E-state index is -0.128. The molecule has 5 heteroatoms. The molecule has 4 rings (SSSR count). The SMILES string of the molecule is O=C(NCCOc1ccccc1)c1ccc2c(c1)OCCN(c1ccccc1)C2. The van der Waals surface area contributed by atoms with Crippen molar-refractivity contribution in [3.8, 4) is 11.5 Å². The van der Waals surface area contributed by atoms with Crippen molar-refractivity contribution in [2.75, 3.05) is 31.2 Å². The fourth-order valence-electron chi connectivity index (χ4n) is 3.32. The molecule has 148 valence electrons. The number of anilines is 1. The summed E-state index contributed by atoms with van der Waals surface area (Å²) in [4.78, 5) is 14.8. The van der Waals surface area contributed by atoms with Crippen molar-refractivity contribution >= 4 is 11.6 Å². The van der Waals surface area contributed by atoms with Crippen molar-refractivity contribution in [3.63, 3.8) is 0 Å². The zero-order valence-electron chi connectivity index (χ0n) is 16.2. The maximum absolute atomic E-state index is 12.5. The largest absolute Gasteiger partial charge is 0.492 e. The van der Waals surface area contributed by atoms with E-state index >= 15 is 0 Å². The molecular formula is C24H24N2O3.